The summed E-state index contributed by atoms with van der Waals surface area (Å²) in [6, 6.07) is 0. The van der Waals surface area contributed by atoms with Crippen LogP contribution in [0.3, 0.4) is 0 Å². The molecule has 1 atom stereocenters. The van der Waals surface area contributed by atoms with Gasteiger partial charge in [-0.15, -0.1) is 0 Å². The molecule has 0 saturated heterocycles. The summed E-state index contributed by atoms with van der Waals surface area (Å²) in [6.45, 7) is 2.61. The van der Waals surface area contributed by atoms with Crippen LogP contribution in [0, 0.1) is 0 Å². The minimum absolute atomic E-state index is 0. The maximum atomic E-state index is 10.1. The number of rotatable bonds is 18. The summed E-state index contributed by atoms with van der Waals surface area (Å²) in [5.74, 6) is 0. The van der Waals surface area contributed by atoms with E-state index in [0.29, 0.717) is 6.61 Å². The van der Waals surface area contributed by atoms with Crippen LogP contribution in [0.2, 0.25) is 0 Å². The molecule has 0 spiro atoms. The molecular weight excluding hydrogens is 335 g/mol. The van der Waals surface area contributed by atoms with Gasteiger partial charge in [0.1, 0.15) is 0 Å². The monoisotopic (exact) mass is 373 g/mol. The van der Waals surface area contributed by atoms with Crippen molar-refractivity contribution >= 4 is 11.4 Å². The van der Waals surface area contributed by atoms with Gasteiger partial charge in [-0.05, 0) is 6.42 Å². The first-order valence-electron chi connectivity index (χ1n) is 9.50. The van der Waals surface area contributed by atoms with Crippen molar-refractivity contribution in [2.45, 2.75) is 110 Å². The van der Waals surface area contributed by atoms with Gasteiger partial charge in [-0.1, -0.05) is 103 Å². The van der Waals surface area contributed by atoms with Gasteiger partial charge in [-0.3, -0.25) is 0 Å². The molecule has 1 unspecified atom stereocenters. The fraction of sp³-hybridized carbons (Fsp3) is 1.00. The van der Waals surface area contributed by atoms with Crippen LogP contribution in [0.4, 0.5) is 0 Å². The second-order valence-corrected chi connectivity index (χ2v) is 6.97. The van der Waals surface area contributed by atoms with Gasteiger partial charge in [0.15, 0.2) is 0 Å². The largest absolute Gasteiger partial charge is 1.00 e. The molecule has 0 bridgehead atoms. The Balaban J connectivity index is -0.00000220. The third kappa shape index (κ3) is 26.1. The number of hydrogen-bond donors (Lipinski definition) is 0. The fourth-order valence-corrected chi connectivity index (χ4v) is 3.03. The predicted octanol–water partition coefficient (Wildman–Crippen LogP) is 3.18. The van der Waals surface area contributed by atoms with E-state index in [4.69, 9.17) is 0 Å². The summed E-state index contributed by atoms with van der Waals surface area (Å²) in [5.41, 5.74) is 0. The van der Waals surface area contributed by atoms with E-state index < -0.39 is 11.4 Å². The van der Waals surface area contributed by atoms with Crippen LogP contribution in [-0.2, 0) is 15.5 Å². The minimum atomic E-state index is -2.33. The Bertz CT molecular complexity index is 246. The van der Waals surface area contributed by atoms with Gasteiger partial charge in [0.25, 0.3) is 0 Å². The second kappa shape index (κ2) is 23.7. The molecule has 5 heteroatoms. The topological polar surface area (TPSA) is 49.4 Å². The van der Waals surface area contributed by atoms with Crippen LogP contribution in [-0.4, -0.2) is 15.4 Å². The SMILES string of the molecule is CCCCCCCCCCCCCCCCCCOS(=O)[O-].[H-].[K+]. The summed E-state index contributed by atoms with van der Waals surface area (Å²) < 4.78 is 24.8. The molecule has 0 saturated carbocycles. The van der Waals surface area contributed by atoms with Gasteiger partial charge < -0.3 is 10.2 Å². The molecule has 0 rings (SSSR count). The molecule has 0 aliphatic heterocycles. The average molecular weight is 374 g/mol. The number of unbranched alkanes of at least 4 members (excludes halogenated alkanes) is 15. The molecule has 136 valence electrons. The van der Waals surface area contributed by atoms with Crippen molar-refractivity contribution in [3.8, 4) is 0 Å². The Hall–Kier alpha value is 1.71. The third-order valence-electron chi connectivity index (χ3n) is 4.18. The van der Waals surface area contributed by atoms with Crippen LogP contribution in [0.1, 0.15) is 111 Å². The molecular formula is C18H38KO3S-. The second-order valence-electron chi connectivity index (χ2n) is 6.33. The van der Waals surface area contributed by atoms with Crippen molar-refractivity contribution < 1.29 is 65.8 Å². The van der Waals surface area contributed by atoms with Crippen LogP contribution in [0.25, 0.3) is 0 Å². The molecule has 0 radical (unpaired) electrons. The van der Waals surface area contributed by atoms with E-state index in [1.54, 1.807) is 0 Å². The molecule has 0 aromatic carbocycles. The Morgan fingerprint density at radius 3 is 1.30 bits per heavy atom. The van der Waals surface area contributed by atoms with Crippen molar-refractivity contribution in [2.75, 3.05) is 6.61 Å². The van der Waals surface area contributed by atoms with E-state index in [1.807, 2.05) is 0 Å². The summed E-state index contributed by atoms with van der Waals surface area (Å²) in [4.78, 5) is 0. The maximum absolute atomic E-state index is 10.1. The average Bonchev–Trinajstić information content (AvgIpc) is 2.50. The normalized spacial score (nSPS) is 12.1. The Morgan fingerprint density at radius 1 is 0.696 bits per heavy atom. The molecule has 0 aliphatic rings. The van der Waals surface area contributed by atoms with Crippen molar-refractivity contribution in [2.24, 2.45) is 0 Å². The molecule has 0 aromatic rings. The summed E-state index contributed by atoms with van der Waals surface area (Å²) in [6.07, 6.45) is 21.2. The van der Waals surface area contributed by atoms with E-state index in [0.717, 1.165) is 12.8 Å². The van der Waals surface area contributed by atoms with E-state index in [2.05, 4.69) is 11.1 Å². The standard InChI is InChI=1S/C18H38O3S.K.H/c1-2-3-4-5-6-7-8-9-10-11-12-13-14-15-16-17-18-21-22(19)20;;/h2-18H2,1H3,(H,19,20);;/q;+1;-1/p-1. The van der Waals surface area contributed by atoms with Crippen LogP contribution in [0.5, 0.6) is 0 Å². The van der Waals surface area contributed by atoms with E-state index in [1.165, 1.54) is 89.9 Å². The first-order chi connectivity index (χ1) is 10.8. The predicted molar refractivity (Wildman–Crippen MR) is 95.5 cm³/mol. The van der Waals surface area contributed by atoms with Crippen molar-refractivity contribution in [3.63, 3.8) is 0 Å². The molecule has 0 fully saturated rings. The Kier molecular flexibility index (Phi) is 27.8. The van der Waals surface area contributed by atoms with Gasteiger partial charge in [0.2, 0.25) is 0 Å². The zero-order chi connectivity index (χ0) is 16.3. The fourth-order valence-electron chi connectivity index (χ4n) is 2.78. The Morgan fingerprint density at radius 2 is 1.00 bits per heavy atom. The van der Waals surface area contributed by atoms with Gasteiger partial charge in [0, 0.05) is 0 Å². The molecule has 3 nitrogen and oxygen atoms in total. The van der Waals surface area contributed by atoms with Gasteiger partial charge in [0.05, 0.1) is 18.0 Å². The summed E-state index contributed by atoms with van der Waals surface area (Å²) in [5, 5.41) is 0. The van der Waals surface area contributed by atoms with E-state index in [-0.39, 0.29) is 52.8 Å². The van der Waals surface area contributed by atoms with Gasteiger partial charge in [-0.2, -0.15) is 0 Å². The Labute approximate surface area is 191 Å². The smallest absolute Gasteiger partial charge is 1.00 e. The minimum Gasteiger partial charge on any atom is -1.00 e. The first kappa shape index (κ1) is 26.9. The molecule has 0 aromatic heterocycles. The van der Waals surface area contributed by atoms with Crippen LogP contribution < -0.4 is 51.4 Å². The van der Waals surface area contributed by atoms with Gasteiger partial charge in [-0.25, -0.2) is 4.21 Å². The summed E-state index contributed by atoms with van der Waals surface area (Å²) >= 11 is -2.33. The number of hydrogen-bond acceptors (Lipinski definition) is 3. The summed E-state index contributed by atoms with van der Waals surface area (Å²) in [7, 11) is 0. The molecule has 23 heavy (non-hydrogen) atoms. The first-order valence-corrected chi connectivity index (χ1v) is 10.5. The van der Waals surface area contributed by atoms with Crippen molar-refractivity contribution in [1.29, 1.82) is 0 Å². The molecule has 0 heterocycles. The van der Waals surface area contributed by atoms with E-state index >= 15 is 0 Å². The molecule has 0 N–H and O–H groups in total. The molecule has 0 aliphatic carbocycles. The maximum Gasteiger partial charge on any atom is 1.00 e. The van der Waals surface area contributed by atoms with E-state index in [9.17, 15) is 8.76 Å². The quantitative estimate of drug-likeness (QED) is 0.211. The molecule has 0 amide bonds. The van der Waals surface area contributed by atoms with Crippen LogP contribution >= 0.6 is 0 Å². The van der Waals surface area contributed by atoms with Crippen molar-refractivity contribution in [3.05, 3.63) is 0 Å². The zero-order valence-corrected chi connectivity index (χ0v) is 19.6. The van der Waals surface area contributed by atoms with Gasteiger partial charge >= 0.3 is 51.4 Å². The van der Waals surface area contributed by atoms with Crippen LogP contribution in [0.15, 0.2) is 0 Å². The zero-order valence-electron chi connectivity index (χ0n) is 16.7. The van der Waals surface area contributed by atoms with Crippen molar-refractivity contribution in [1.82, 2.24) is 0 Å². The third-order valence-corrected chi connectivity index (χ3v) is 4.54.